The van der Waals surface area contributed by atoms with Gasteiger partial charge >= 0.3 is 0 Å². The molecule has 0 aliphatic heterocycles. The van der Waals surface area contributed by atoms with E-state index in [-0.39, 0.29) is 0 Å². The zero-order valence-corrected chi connectivity index (χ0v) is 10.1. The van der Waals surface area contributed by atoms with Crippen molar-refractivity contribution in [3.63, 3.8) is 0 Å². The summed E-state index contributed by atoms with van der Waals surface area (Å²) in [7, 11) is 0. The summed E-state index contributed by atoms with van der Waals surface area (Å²) >= 11 is 1.67. The molecular weight excluding hydrogens is 244 g/mol. The maximum Gasteiger partial charge on any atom is 0.173 e. The minimum absolute atomic E-state index is 0.487. The number of aromatic nitrogens is 3. The second kappa shape index (κ2) is 4.43. The molecule has 18 heavy (non-hydrogen) atoms. The van der Waals surface area contributed by atoms with Gasteiger partial charge in [0.1, 0.15) is 11.6 Å². The molecule has 4 nitrogen and oxygen atoms in total. The number of thiophene rings is 1. The summed E-state index contributed by atoms with van der Waals surface area (Å²) < 4.78 is 1.67. The molecule has 0 fully saturated rings. The van der Waals surface area contributed by atoms with E-state index in [1.807, 2.05) is 35.7 Å². The van der Waals surface area contributed by atoms with Gasteiger partial charge in [0, 0.05) is 11.1 Å². The lowest BCUT2D eigenvalue weighted by atomic mass is 10.3. The molecule has 0 aliphatic rings. The Kier molecular flexibility index (Phi) is 2.63. The summed E-state index contributed by atoms with van der Waals surface area (Å²) in [5, 5.41) is 15.1. The molecule has 0 bridgehead atoms. The molecule has 0 atom stereocenters. The highest BCUT2D eigenvalue weighted by molar-refractivity contribution is 7.10. The molecule has 0 saturated heterocycles. The molecule has 5 heteroatoms. The second-order valence-electron chi connectivity index (χ2n) is 3.62. The number of hydrogen-bond donors (Lipinski definition) is 0. The van der Waals surface area contributed by atoms with Gasteiger partial charge in [0.05, 0.1) is 11.9 Å². The van der Waals surface area contributed by atoms with E-state index in [1.165, 1.54) is 11.1 Å². The SMILES string of the molecule is N#Cc1cnn2c(/C=C/c3cccs3)ccnc12. The van der Waals surface area contributed by atoms with Gasteiger partial charge in [-0.05, 0) is 29.7 Å². The Labute approximate surface area is 107 Å². The molecule has 0 spiro atoms. The van der Waals surface area contributed by atoms with Gasteiger partial charge < -0.3 is 0 Å². The smallest absolute Gasteiger partial charge is 0.173 e. The normalized spacial score (nSPS) is 11.1. The Morgan fingerprint density at radius 2 is 2.28 bits per heavy atom. The Morgan fingerprint density at radius 3 is 3.06 bits per heavy atom. The number of rotatable bonds is 2. The molecule has 3 aromatic heterocycles. The van der Waals surface area contributed by atoms with Gasteiger partial charge in [-0.1, -0.05) is 6.07 Å². The third-order valence-corrected chi connectivity index (χ3v) is 3.35. The summed E-state index contributed by atoms with van der Waals surface area (Å²) in [6, 6.07) is 8.00. The van der Waals surface area contributed by atoms with E-state index in [0.717, 1.165) is 5.69 Å². The van der Waals surface area contributed by atoms with Crippen LogP contribution in [0.5, 0.6) is 0 Å². The molecule has 86 valence electrons. The molecule has 3 rings (SSSR count). The fourth-order valence-electron chi connectivity index (χ4n) is 1.67. The largest absolute Gasteiger partial charge is 0.236 e. The molecule has 0 saturated carbocycles. The molecule has 0 aliphatic carbocycles. The first-order valence-corrected chi connectivity index (χ1v) is 6.21. The quantitative estimate of drug-likeness (QED) is 0.704. The second-order valence-corrected chi connectivity index (χ2v) is 4.60. The lowest BCUT2D eigenvalue weighted by Crippen LogP contribution is -1.94. The van der Waals surface area contributed by atoms with E-state index >= 15 is 0 Å². The van der Waals surface area contributed by atoms with E-state index in [0.29, 0.717) is 11.2 Å². The Balaban J connectivity index is 2.08. The van der Waals surface area contributed by atoms with Crippen LogP contribution in [0.2, 0.25) is 0 Å². The van der Waals surface area contributed by atoms with Crippen molar-refractivity contribution in [3.8, 4) is 6.07 Å². The maximum atomic E-state index is 8.94. The van der Waals surface area contributed by atoms with Gasteiger partial charge in [0.15, 0.2) is 5.65 Å². The van der Waals surface area contributed by atoms with Gasteiger partial charge in [-0.25, -0.2) is 9.50 Å². The first-order chi connectivity index (χ1) is 8.88. The molecule has 0 radical (unpaired) electrons. The van der Waals surface area contributed by atoms with Crippen LogP contribution in [-0.2, 0) is 0 Å². The number of hydrogen-bond acceptors (Lipinski definition) is 4. The van der Waals surface area contributed by atoms with E-state index in [9.17, 15) is 0 Å². The standard InChI is InChI=1S/C13H8N4S/c14-8-10-9-16-17-11(5-6-15-13(10)17)3-4-12-2-1-7-18-12/h1-7,9H/b4-3+. The van der Waals surface area contributed by atoms with E-state index in [1.54, 1.807) is 22.0 Å². The third-order valence-electron chi connectivity index (χ3n) is 2.51. The predicted octanol–water partition coefficient (Wildman–Crippen LogP) is 2.83. The lowest BCUT2D eigenvalue weighted by molar-refractivity contribution is 0.927. The first kappa shape index (κ1) is 10.7. The number of fused-ring (bicyclic) bond motifs is 1. The average Bonchev–Trinajstić information content (AvgIpc) is 3.05. The van der Waals surface area contributed by atoms with Crippen molar-refractivity contribution in [2.75, 3.05) is 0 Å². The highest BCUT2D eigenvalue weighted by Gasteiger charge is 2.05. The van der Waals surface area contributed by atoms with Crippen molar-refractivity contribution in [2.24, 2.45) is 0 Å². The number of nitrogens with zero attached hydrogens (tertiary/aromatic N) is 4. The van der Waals surface area contributed by atoms with Crippen LogP contribution in [-0.4, -0.2) is 14.6 Å². The van der Waals surface area contributed by atoms with Crippen molar-refractivity contribution >= 4 is 29.1 Å². The van der Waals surface area contributed by atoms with Gasteiger partial charge in [-0.3, -0.25) is 0 Å². The minimum atomic E-state index is 0.487. The lowest BCUT2D eigenvalue weighted by Gasteiger charge is -1.97. The van der Waals surface area contributed by atoms with Crippen molar-refractivity contribution < 1.29 is 0 Å². The molecule has 0 N–H and O–H groups in total. The summed E-state index contributed by atoms with van der Waals surface area (Å²) in [5.41, 5.74) is 1.97. The van der Waals surface area contributed by atoms with Gasteiger partial charge in [0.25, 0.3) is 0 Å². The fraction of sp³-hybridized carbons (Fsp3) is 0. The van der Waals surface area contributed by atoms with Gasteiger partial charge in [0.2, 0.25) is 0 Å². The van der Waals surface area contributed by atoms with Crippen LogP contribution >= 0.6 is 11.3 Å². The molecular formula is C13H8N4S. The van der Waals surface area contributed by atoms with Crippen LogP contribution in [0.3, 0.4) is 0 Å². The van der Waals surface area contributed by atoms with Gasteiger partial charge in [-0.15, -0.1) is 11.3 Å². The maximum absolute atomic E-state index is 8.94. The summed E-state index contributed by atoms with van der Waals surface area (Å²) in [6.45, 7) is 0. The van der Waals surface area contributed by atoms with E-state index in [4.69, 9.17) is 5.26 Å². The van der Waals surface area contributed by atoms with Crippen LogP contribution in [0, 0.1) is 11.3 Å². The summed E-state index contributed by atoms with van der Waals surface area (Å²) in [5.74, 6) is 0. The Morgan fingerprint density at radius 1 is 1.33 bits per heavy atom. The molecule has 0 amide bonds. The molecule has 0 unspecified atom stereocenters. The topological polar surface area (TPSA) is 54.0 Å². The highest BCUT2D eigenvalue weighted by atomic mass is 32.1. The van der Waals surface area contributed by atoms with Gasteiger partial charge in [-0.2, -0.15) is 10.4 Å². The van der Waals surface area contributed by atoms with Crippen LogP contribution in [0.15, 0.2) is 36.0 Å². The van der Waals surface area contributed by atoms with Crippen molar-refractivity contribution in [1.82, 2.24) is 14.6 Å². The Bertz CT molecular complexity index is 747. The molecule has 3 heterocycles. The van der Waals surface area contributed by atoms with Crippen molar-refractivity contribution in [3.05, 3.63) is 52.1 Å². The molecule has 0 aromatic carbocycles. The zero-order chi connectivity index (χ0) is 12.4. The van der Waals surface area contributed by atoms with Crippen LogP contribution in [0.1, 0.15) is 16.1 Å². The Hall–Kier alpha value is -2.45. The van der Waals surface area contributed by atoms with Crippen LogP contribution in [0.25, 0.3) is 17.8 Å². The highest BCUT2D eigenvalue weighted by Crippen LogP contribution is 2.14. The minimum Gasteiger partial charge on any atom is -0.236 e. The monoisotopic (exact) mass is 252 g/mol. The van der Waals surface area contributed by atoms with Crippen molar-refractivity contribution in [1.29, 1.82) is 5.26 Å². The van der Waals surface area contributed by atoms with E-state index < -0.39 is 0 Å². The summed E-state index contributed by atoms with van der Waals surface area (Å²) in [6.07, 6.45) is 7.21. The van der Waals surface area contributed by atoms with Crippen LogP contribution in [0.4, 0.5) is 0 Å². The summed E-state index contributed by atoms with van der Waals surface area (Å²) in [4.78, 5) is 5.34. The van der Waals surface area contributed by atoms with Crippen molar-refractivity contribution in [2.45, 2.75) is 0 Å². The van der Waals surface area contributed by atoms with Crippen LogP contribution < -0.4 is 0 Å². The predicted molar refractivity (Wildman–Crippen MR) is 70.9 cm³/mol. The average molecular weight is 252 g/mol. The third kappa shape index (κ3) is 1.79. The number of nitriles is 1. The fourth-order valence-corrected chi connectivity index (χ4v) is 2.29. The first-order valence-electron chi connectivity index (χ1n) is 5.33. The molecule has 3 aromatic rings. The van der Waals surface area contributed by atoms with E-state index in [2.05, 4.69) is 16.2 Å². The zero-order valence-electron chi connectivity index (χ0n) is 9.32.